The Bertz CT molecular complexity index is 1950. The predicted octanol–water partition coefficient (Wildman–Crippen LogP) is -2.28. The van der Waals surface area contributed by atoms with Gasteiger partial charge in [0.15, 0.2) is 0 Å². The van der Waals surface area contributed by atoms with E-state index in [2.05, 4.69) is 35.4 Å². The minimum atomic E-state index is -1.29. The SMILES string of the molecule is C=C(CCl)CCl.C=C1COC(=O)CC(N)C(=O)OC1.C=C1COC(=O)CC(NB(C)O)C(=O)OC1.CB(O)NC(CC(=O)O)C(=O)O.CB(O)NC1CC(=O)OCC(C)COC1=O.CC1COC(=O)CC(N)C(=O)OC1. The molecule has 4 aliphatic heterocycles. The van der Waals surface area contributed by atoms with Crippen LogP contribution in [0.15, 0.2) is 36.5 Å². The Morgan fingerprint density at radius 1 is 0.579 bits per heavy atom. The minimum Gasteiger partial charge on any atom is -0.481 e. The van der Waals surface area contributed by atoms with Crippen molar-refractivity contribution in [3.8, 4) is 0 Å². The molecule has 0 saturated carbocycles. The molecular formula is C43H70B3Cl2N5O23. The zero-order valence-electron chi connectivity index (χ0n) is 43.0. The van der Waals surface area contributed by atoms with E-state index in [4.69, 9.17) is 97.8 Å². The molecule has 4 rings (SSSR count). The summed E-state index contributed by atoms with van der Waals surface area (Å²) >= 11 is 10.5. The number of carboxylic acid groups (broad SMARTS) is 2. The van der Waals surface area contributed by atoms with Crippen LogP contribution in [0.5, 0.6) is 0 Å². The first-order chi connectivity index (χ1) is 35.4. The van der Waals surface area contributed by atoms with Gasteiger partial charge in [-0.15, -0.1) is 23.2 Å². The zero-order chi connectivity index (χ0) is 58.7. The average Bonchev–Trinajstić information content (AvgIpc) is 3.49. The number of ether oxygens (including phenoxy) is 8. The van der Waals surface area contributed by atoms with Gasteiger partial charge < -0.3 is 90.3 Å². The van der Waals surface area contributed by atoms with Gasteiger partial charge in [0.05, 0.1) is 58.5 Å². The number of hydrogen-bond acceptors (Lipinski definition) is 26. The van der Waals surface area contributed by atoms with Crippen LogP contribution >= 0.6 is 23.2 Å². The first-order valence-corrected chi connectivity index (χ1v) is 24.2. The molecule has 28 nitrogen and oxygen atoms in total. The highest BCUT2D eigenvalue weighted by Gasteiger charge is 2.30. The van der Waals surface area contributed by atoms with Gasteiger partial charge in [0.25, 0.3) is 0 Å². The molecule has 0 radical (unpaired) electrons. The molecule has 4 saturated heterocycles. The number of aliphatic carboxylic acids is 2. The quantitative estimate of drug-likeness (QED) is 0.0342. The Morgan fingerprint density at radius 2 is 0.908 bits per heavy atom. The highest BCUT2D eigenvalue weighted by Crippen LogP contribution is 2.09. The first-order valence-electron chi connectivity index (χ1n) is 23.1. The minimum absolute atomic E-state index is 0.0156. The predicted molar refractivity (Wildman–Crippen MR) is 271 cm³/mol. The highest BCUT2D eigenvalue weighted by molar-refractivity contribution is 6.46. The Hall–Kier alpha value is -5.63. The molecule has 0 aromatic rings. The van der Waals surface area contributed by atoms with Crippen LogP contribution in [0.1, 0.15) is 46.0 Å². The van der Waals surface area contributed by atoms with Gasteiger partial charge in [-0.1, -0.05) is 33.6 Å². The number of alkyl halides is 2. The number of hydrogen-bond donors (Lipinski definition) is 10. The zero-order valence-corrected chi connectivity index (χ0v) is 44.5. The fourth-order valence-electron chi connectivity index (χ4n) is 5.04. The van der Waals surface area contributed by atoms with Gasteiger partial charge >= 0.3 is 80.8 Å². The van der Waals surface area contributed by atoms with Crippen LogP contribution in [0.25, 0.3) is 0 Å². The highest BCUT2D eigenvalue weighted by atomic mass is 35.5. The lowest BCUT2D eigenvalue weighted by atomic mass is 9.87. The number of nitrogens with two attached hydrogens (primary N) is 2. The average molecular weight is 1130 g/mol. The maximum atomic E-state index is 11.5. The van der Waals surface area contributed by atoms with Gasteiger partial charge in [-0.25, -0.2) is 0 Å². The number of esters is 8. The molecule has 428 valence electrons. The summed E-state index contributed by atoms with van der Waals surface area (Å²) in [6.45, 7) is 19.7. The molecule has 0 aliphatic carbocycles. The van der Waals surface area contributed by atoms with Crippen LogP contribution in [-0.4, -0.2) is 201 Å². The fourth-order valence-corrected chi connectivity index (χ4v) is 5.33. The van der Waals surface area contributed by atoms with Crippen molar-refractivity contribution in [1.29, 1.82) is 0 Å². The normalized spacial score (nSPS) is 22.7. The molecule has 7 unspecified atom stereocenters. The van der Waals surface area contributed by atoms with Gasteiger partial charge in [0.1, 0.15) is 56.6 Å². The van der Waals surface area contributed by atoms with Crippen LogP contribution < -0.4 is 27.2 Å². The summed E-state index contributed by atoms with van der Waals surface area (Å²) in [6.07, 6.45) is -1.11. The van der Waals surface area contributed by atoms with E-state index in [0.717, 1.165) is 5.57 Å². The topological polar surface area (TPSA) is 434 Å². The van der Waals surface area contributed by atoms with Gasteiger partial charge in [-0.3, -0.25) is 47.9 Å². The van der Waals surface area contributed by atoms with Crippen LogP contribution in [0, 0.1) is 11.8 Å². The second-order valence-electron chi connectivity index (χ2n) is 17.0. The van der Waals surface area contributed by atoms with Crippen molar-refractivity contribution < 1.29 is 111 Å². The summed E-state index contributed by atoms with van der Waals surface area (Å²) < 4.78 is 38.8. The number of carboxylic acids is 2. The number of allylic oxidation sites excluding steroid dienone is 1. The van der Waals surface area contributed by atoms with E-state index in [0.29, 0.717) is 22.9 Å². The summed E-state index contributed by atoms with van der Waals surface area (Å²) in [5, 5.41) is 50.9. The Labute approximate surface area is 450 Å². The third-order valence-electron chi connectivity index (χ3n) is 8.86. The molecule has 76 heavy (non-hydrogen) atoms. The van der Waals surface area contributed by atoms with Crippen molar-refractivity contribution in [2.24, 2.45) is 23.3 Å². The Kier molecular flexibility index (Phi) is 38.7. The summed E-state index contributed by atoms with van der Waals surface area (Å²) in [5.41, 5.74) is 12.7. The van der Waals surface area contributed by atoms with Crippen LogP contribution in [0.2, 0.25) is 20.5 Å². The molecule has 12 N–H and O–H groups in total. The summed E-state index contributed by atoms with van der Waals surface area (Å²) in [7, 11) is -2.83. The standard InChI is InChI=1S/C9H16BNO5.C9H14BNO5.C8H13NO4.C8H11NO4.C5H10BNO5.C4H6Cl2/c2*1-6-4-15-8(12)3-7(11-10(2)14)9(13)16-5-6;2*1-5-3-12-7(10)2-6(9)8(11)13-4-5;1-6(12)7-3(5(10)11)2-4(8)9;1-4(2-5)3-6/h6-7,11,14H,3-5H2,1-2H3;7,11,14H,1,3-5H2,2H3;5-6H,2-4,9H2,1H3;6H,1-4,9H2;3,7,12H,2H2,1H3,(H,8,9)(H,10,11);1-3H2. The van der Waals surface area contributed by atoms with Crippen molar-refractivity contribution in [1.82, 2.24) is 15.7 Å². The molecule has 0 aromatic heterocycles. The Morgan fingerprint density at radius 3 is 1.28 bits per heavy atom. The van der Waals surface area contributed by atoms with Crippen molar-refractivity contribution >= 4 is 104 Å². The number of carbonyl (C=O) groups is 10. The van der Waals surface area contributed by atoms with Crippen molar-refractivity contribution in [2.45, 2.75) is 96.6 Å². The van der Waals surface area contributed by atoms with Gasteiger partial charge in [-0.05, 0) is 37.2 Å². The van der Waals surface area contributed by atoms with E-state index >= 15 is 0 Å². The molecule has 4 heterocycles. The molecule has 4 aliphatic rings. The lowest BCUT2D eigenvalue weighted by Gasteiger charge is -2.15. The van der Waals surface area contributed by atoms with Crippen LogP contribution in [0.3, 0.4) is 0 Å². The van der Waals surface area contributed by atoms with E-state index in [9.17, 15) is 47.9 Å². The maximum absolute atomic E-state index is 11.5. The first kappa shape index (κ1) is 72.4. The molecule has 33 heteroatoms. The van der Waals surface area contributed by atoms with E-state index in [1.54, 1.807) is 0 Å². The third kappa shape index (κ3) is 38.0. The lowest BCUT2D eigenvalue weighted by molar-refractivity contribution is -0.149. The molecule has 0 aromatic carbocycles. The second-order valence-corrected chi connectivity index (χ2v) is 17.6. The molecule has 7 atom stereocenters. The number of nitrogens with one attached hydrogen (secondary N) is 3. The van der Waals surface area contributed by atoms with E-state index in [-0.39, 0.29) is 90.4 Å². The number of cyclic esters (lactones) is 8. The molecule has 4 fully saturated rings. The van der Waals surface area contributed by atoms with Crippen LogP contribution in [-0.2, 0) is 85.8 Å². The van der Waals surface area contributed by atoms with Crippen molar-refractivity contribution in [3.05, 3.63) is 36.5 Å². The van der Waals surface area contributed by atoms with E-state index < -0.39 is 117 Å². The van der Waals surface area contributed by atoms with Crippen molar-refractivity contribution in [2.75, 3.05) is 64.6 Å². The van der Waals surface area contributed by atoms with E-state index in [1.165, 1.54) is 20.5 Å². The maximum Gasteiger partial charge on any atom is 0.374 e. The monoisotopic (exact) mass is 1130 g/mol. The third-order valence-corrected chi connectivity index (χ3v) is 9.62. The number of carbonyl (C=O) groups excluding carboxylic acids is 8. The summed E-state index contributed by atoms with van der Waals surface area (Å²) in [4.78, 5) is 110. The number of rotatable bonds is 11. The van der Waals surface area contributed by atoms with Crippen molar-refractivity contribution in [3.63, 3.8) is 0 Å². The fraction of sp³-hybridized carbons (Fsp3) is 0.628. The summed E-state index contributed by atoms with van der Waals surface area (Å²) in [6, 6.07) is -4.81. The summed E-state index contributed by atoms with van der Waals surface area (Å²) in [5.74, 6) is -5.77. The molecule has 0 spiro atoms. The smallest absolute Gasteiger partial charge is 0.374 e. The number of halogens is 2. The van der Waals surface area contributed by atoms with Gasteiger partial charge in [0.2, 0.25) is 0 Å². The van der Waals surface area contributed by atoms with Gasteiger partial charge in [0, 0.05) is 23.6 Å². The van der Waals surface area contributed by atoms with Crippen LogP contribution in [0.4, 0.5) is 0 Å². The molecule has 0 amide bonds. The Balaban J connectivity index is 0. The lowest BCUT2D eigenvalue weighted by Crippen LogP contribution is -2.46. The van der Waals surface area contributed by atoms with E-state index in [1.807, 2.05) is 13.8 Å². The molecular weight excluding hydrogens is 1060 g/mol. The van der Waals surface area contributed by atoms with Gasteiger partial charge in [-0.2, -0.15) is 0 Å². The second kappa shape index (κ2) is 40.6. The molecule has 0 bridgehead atoms. The largest absolute Gasteiger partial charge is 0.481 e.